The van der Waals surface area contributed by atoms with Gasteiger partial charge in [0, 0.05) is 19.1 Å². The Bertz CT molecular complexity index is 515. The van der Waals surface area contributed by atoms with Crippen LogP contribution in [0.15, 0.2) is 24.3 Å². The van der Waals surface area contributed by atoms with Crippen LogP contribution in [0, 0.1) is 5.92 Å². The number of piperidine rings is 1. The molecule has 2 aromatic rings. The zero-order valence-corrected chi connectivity index (χ0v) is 10.4. The van der Waals surface area contributed by atoms with Crippen LogP contribution in [0.2, 0.25) is 0 Å². The zero-order valence-electron chi connectivity index (χ0n) is 10.4. The van der Waals surface area contributed by atoms with E-state index in [2.05, 4.69) is 33.4 Å². The van der Waals surface area contributed by atoms with Crippen LogP contribution in [0.3, 0.4) is 0 Å². The van der Waals surface area contributed by atoms with Crippen LogP contribution in [0.5, 0.6) is 0 Å². The number of benzene rings is 1. The molecule has 0 spiro atoms. The summed E-state index contributed by atoms with van der Waals surface area (Å²) in [5.41, 5.74) is 2.20. The molecule has 0 aliphatic carbocycles. The first-order valence-electron chi connectivity index (χ1n) is 6.83. The molecule has 0 amide bonds. The van der Waals surface area contributed by atoms with Gasteiger partial charge in [-0.15, -0.1) is 0 Å². The largest absolute Gasteiger partial charge is 0.340 e. The molecule has 2 aliphatic heterocycles. The predicted octanol–water partition coefficient (Wildman–Crippen LogP) is 1.75. The molecule has 2 atom stereocenters. The van der Waals surface area contributed by atoms with E-state index >= 15 is 0 Å². The smallest absolute Gasteiger partial charge is 0.203 e. The third-order valence-electron chi connectivity index (χ3n) is 4.28. The van der Waals surface area contributed by atoms with Gasteiger partial charge in [0.2, 0.25) is 5.95 Å². The van der Waals surface area contributed by atoms with Crippen molar-refractivity contribution in [3.63, 3.8) is 0 Å². The van der Waals surface area contributed by atoms with Crippen molar-refractivity contribution < 1.29 is 0 Å². The molecule has 94 valence electrons. The molecule has 4 nitrogen and oxygen atoms in total. The SMILES string of the molecule is c1ccc2[nH]c(N3CC4CCCNC4C3)nc2c1. The molecule has 2 N–H and O–H groups in total. The Labute approximate surface area is 106 Å². The summed E-state index contributed by atoms with van der Waals surface area (Å²) in [6, 6.07) is 8.91. The number of nitrogens with zero attached hydrogens (tertiary/aromatic N) is 2. The summed E-state index contributed by atoms with van der Waals surface area (Å²) >= 11 is 0. The van der Waals surface area contributed by atoms with Crippen LogP contribution >= 0.6 is 0 Å². The highest BCUT2D eigenvalue weighted by atomic mass is 15.3. The summed E-state index contributed by atoms with van der Waals surface area (Å²) in [5.74, 6) is 1.83. The second kappa shape index (κ2) is 3.99. The highest BCUT2D eigenvalue weighted by molar-refractivity contribution is 5.77. The number of anilines is 1. The number of H-pyrrole nitrogens is 1. The van der Waals surface area contributed by atoms with Gasteiger partial charge in [-0.3, -0.25) is 0 Å². The van der Waals surface area contributed by atoms with E-state index in [1.807, 2.05) is 6.07 Å². The third-order valence-corrected chi connectivity index (χ3v) is 4.28. The van der Waals surface area contributed by atoms with Crippen molar-refractivity contribution >= 4 is 17.0 Å². The molecule has 2 fully saturated rings. The number of aromatic amines is 1. The maximum atomic E-state index is 4.70. The van der Waals surface area contributed by atoms with Gasteiger partial charge in [-0.1, -0.05) is 12.1 Å². The van der Waals surface area contributed by atoms with Gasteiger partial charge >= 0.3 is 0 Å². The maximum Gasteiger partial charge on any atom is 0.203 e. The van der Waals surface area contributed by atoms with Crippen LogP contribution in [0.25, 0.3) is 11.0 Å². The number of aromatic nitrogens is 2. The van der Waals surface area contributed by atoms with E-state index in [1.165, 1.54) is 19.4 Å². The molecule has 2 unspecified atom stereocenters. The Morgan fingerprint density at radius 1 is 1.22 bits per heavy atom. The van der Waals surface area contributed by atoms with Gasteiger partial charge < -0.3 is 15.2 Å². The average Bonchev–Trinajstić information content (AvgIpc) is 3.02. The van der Waals surface area contributed by atoms with Gasteiger partial charge in [-0.2, -0.15) is 0 Å². The molecule has 0 radical (unpaired) electrons. The van der Waals surface area contributed by atoms with Crippen molar-refractivity contribution in [2.24, 2.45) is 5.92 Å². The fraction of sp³-hybridized carbons (Fsp3) is 0.500. The Hall–Kier alpha value is -1.55. The minimum Gasteiger partial charge on any atom is -0.340 e. The minimum atomic E-state index is 0.659. The summed E-state index contributed by atoms with van der Waals surface area (Å²) in [4.78, 5) is 10.5. The third kappa shape index (κ3) is 1.60. The molecule has 1 aromatic heterocycles. The second-order valence-electron chi connectivity index (χ2n) is 5.45. The number of imidazole rings is 1. The highest BCUT2D eigenvalue weighted by Gasteiger charge is 2.35. The topological polar surface area (TPSA) is 44.0 Å². The van der Waals surface area contributed by atoms with E-state index < -0.39 is 0 Å². The Morgan fingerprint density at radius 3 is 3.06 bits per heavy atom. The number of rotatable bonds is 1. The van der Waals surface area contributed by atoms with Crippen molar-refractivity contribution in [1.82, 2.24) is 15.3 Å². The van der Waals surface area contributed by atoms with Gasteiger partial charge in [0.25, 0.3) is 0 Å². The lowest BCUT2D eigenvalue weighted by atomic mass is 9.94. The van der Waals surface area contributed by atoms with Crippen molar-refractivity contribution in [2.75, 3.05) is 24.5 Å². The average molecular weight is 242 g/mol. The van der Waals surface area contributed by atoms with Gasteiger partial charge in [-0.05, 0) is 37.4 Å². The van der Waals surface area contributed by atoms with E-state index in [9.17, 15) is 0 Å². The van der Waals surface area contributed by atoms with E-state index in [-0.39, 0.29) is 0 Å². The first-order chi connectivity index (χ1) is 8.90. The Morgan fingerprint density at radius 2 is 2.17 bits per heavy atom. The molecule has 18 heavy (non-hydrogen) atoms. The molecule has 0 bridgehead atoms. The first kappa shape index (κ1) is 10.4. The molecule has 3 heterocycles. The standard InChI is InChI=1S/C14H18N4/c1-2-6-12-11(5-1)16-14(17-12)18-8-10-4-3-7-15-13(10)9-18/h1-2,5-6,10,13,15H,3-4,7-9H2,(H,16,17). The van der Waals surface area contributed by atoms with Gasteiger partial charge in [0.05, 0.1) is 11.0 Å². The molecule has 4 rings (SSSR count). The van der Waals surface area contributed by atoms with Crippen molar-refractivity contribution in [1.29, 1.82) is 0 Å². The van der Waals surface area contributed by atoms with Crippen LogP contribution in [0.4, 0.5) is 5.95 Å². The normalized spacial score (nSPS) is 27.7. The van der Waals surface area contributed by atoms with E-state index in [1.54, 1.807) is 0 Å². The summed E-state index contributed by atoms with van der Waals surface area (Å²) in [5, 5.41) is 3.63. The molecule has 0 saturated carbocycles. The fourth-order valence-electron chi connectivity index (χ4n) is 3.31. The lowest BCUT2D eigenvalue weighted by molar-refractivity contribution is 0.340. The van der Waals surface area contributed by atoms with Crippen LogP contribution in [-0.4, -0.2) is 35.6 Å². The molecule has 1 aromatic carbocycles. The summed E-state index contributed by atoms with van der Waals surface area (Å²) in [7, 11) is 0. The lowest BCUT2D eigenvalue weighted by Gasteiger charge is -2.24. The minimum absolute atomic E-state index is 0.659. The van der Waals surface area contributed by atoms with Crippen LogP contribution in [0.1, 0.15) is 12.8 Å². The number of fused-ring (bicyclic) bond motifs is 2. The molecular formula is C14H18N4. The summed E-state index contributed by atoms with van der Waals surface area (Å²) in [6.45, 7) is 3.40. The van der Waals surface area contributed by atoms with Crippen molar-refractivity contribution in [3.05, 3.63) is 24.3 Å². The van der Waals surface area contributed by atoms with Crippen LogP contribution in [-0.2, 0) is 0 Å². The number of para-hydroxylation sites is 2. The highest BCUT2D eigenvalue weighted by Crippen LogP contribution is 2.28. The van der Waals surface area contributed by atoms with Gasteiger partial charge in [0.1, 0.15) is 0 Å². The monoisotopic (exact) mass is 242 g/mol. The number of hydrogen-bond donors (Lipinski definition) is 2. The first-order valence-corrected chi connectivity index (χ1v) is 6.83. The van der Waals surface area contributed by atoms with Gasteiger partial charge in [-0.25, -0.2) is 4.98 Å². The van der Waals surface area contributed by atoms with E-state index in [4.69, 9.17) is 4.98 Å². The molecular weight excluding hydrogens is 224 g/mol. The molecule has 2 aliphatic rings. The van der Waals surface area contributed by atoms with E-state index in [0.717, 1.165) is 36.0 Å². The summed E-state index contributed by atoms with van der Waals surface area (Å²) < 4.78 is 0. The van der Waals surface area contributed by atoms with Gasteiger partial charge in [0.15, 0.2) is 0 Å². The zero-order chi connectivity index (χ0) is 11.9. The fourth-order valence-corrected chi connectivity index (χ4v) is 3.31. The Kier molecular flexibility index (Phi) is 2.30. The second-order valence-corrected chi connectivity index (χ2v) is 5.45. The number of nitrogens with one attached hydrogen (secondary N) is 2. The predicted molar refractivity (Wildman–Crippen MR) is 72.8 cm³/mol. The molecule has 2 saturated heterocycles. The number of hydrogen-bond acceptors (Lipinski definition) is 3. The van der Waals surface area contributed by atoms with E-state index in [0.29, 0.717) is 6.04 Å². The Balaban J connectivity index is 1.63. The van der Waals surface area contributed by atoms with Crippen molar-refractivity contribution in [3.8, 4) is 0 Å². The molecule has 4 heteroatoms. The lowest BCUT2D eigenvalue weighted by Crippen LogP contribution is -2.40. The quantitative estimate of drug-likeness (QED) is 0.800. The van der Waals surface area contributed by atoms with Crippen LogP contribution < -0.4 is 10.2 Å². The van der Waals surface area contributed by atoms with Crippen molar-refractivity contribution in [2.45, 2.75) is 18.9 Å². The maximum absolute atomic E-state index is 4.70. The summed E-state index contributed by atoms with van der Waals surface area (Å²) in [6.07, 6.45) is 2.67.